The molecule has 0 aliphatic heterocycles. The van der Waals surface area contributed by atoms with Gasteiger partial charge in [-0.2, -0.15) is 5.10 Å². The van der Waals surface area contributed by atoms with Gasteiger partial charge in [0.2, 0.25) is 0 Å². The van der Waals surface area contributed by atoms with E-state index in [-0.39, 0.29) is 0 Å². The van der Waals surface area contributed by atoms with Crippen LogP contribution in [0.5, 0.6) is 0 Å². The predicted molar refractivity (Wildman–Crippen MR) is 70.3 cm³/mol. The zero-order chi connectivity index (χ0) is 12.7. The van der Waals surface area contributed by atoms with Crippen molar-refractivity contribution in [1.29, 1.82) is 0 Å². The standard InChI is InChI=1S/C10H12N6O.Al.2H/c11-8-3-6(14-5-1-2-5)10-13-4-7(9(12)17)16(10)15-8;;;/h3-5H,1-2H2,(H5,11,12,14,15,17);;;/q;+1;;/p-1. The predicted octanol–water partition coefficient (Wildman–Crippen LogP) is -0.638. The molecule has 2 heterocycles. The number of imidazole rings is 1. The Hall–Kier alpha value is -1.78. The van der Waals surface area contributed by atoms with Crippen LogP contribution in [0.4, 0.5) is 11.5 Å². The minimum atomic E-state index is -0.530. The van der Waals surface area contributed by atoms with Crippen molar-refractivity contribution >= 4 is 39.6 Å². The highest BCUT2D eigenvalue weighted by Crippen LogP contribution is 2.28. The van der Waals surface area contributed by atoms with Gasteiger partial charge in [0.05, 0.1) is 11.9 Å². The molecule has 8 heteroatoms. The second kappa shape index (κ2) is 4.16. The molecule has 0 saturated heterocycles. The van der Waals surface area contributed by atoms with E-state index in [1.165, 1.54) is 23.6 Å². The van der Waals surface area contributed by atoms with Gasteiger partial charge in [-0.1, -0.05) is 0 Å². The van der Waals surface area contributed by atoms with Crippen molar-refractivity contribution in [1.82, 2.24) is 14.6 Å². The fourth-order valence-electron chi connectivity index (χ4n) is 1.81. The molecule has 1 aliphatic rings. The van der Waals surface area contributed by atoms with Crippen molar-refractivity contribution in [3.8, 4) is 0 Å². The van der Waals surface area contributed by atoms with E-state index in [9.17, 15) is 4.79 Å². The van der Waals surface area contributed by atoms with Gasteiger partial charge in [0.1, 0.15) is 11.5 Å². The Morgan fingerprint density at radius 1 is 1.56 bits per heavy atom. The summed E-state index contributed by atoms with van der Waals surface area (Å²) in [6, 6.07) is 2.42. The largest absolute Gasteiger partial charge is 0.465 e. The molecule has 1 saturated carbocycles. The van der Waals surface area contributed by atoms with Gasteiger partial charge < -0.3 is 15.4 Å². The smallest absolute Gasteiger partial charge is 0.362 e. The van der Waals surface area contributed by atoms with Gasteiger partial charge in [0.15, 0.2) is 5.65 Å². The second-order valence-corrected chi connectivity index (χ2v) is 4.85. The van der Waals surface area contributed by atoms with E-state index in [1.54, 1.807) is 0 Å². The Morgan fingerprint density at radius 2 is 2.33 bits per heavy atom. The van der Waals surface area contributed by atoms with E-state index in [0.29, 0.717) is 17.4 Å². The third kappa shape index (κ3) is 1.90. The lowest BCUT2D eigenvalue weighted by atomic mass is 10.4. The van der Waals surface area contributed by atoms with Crippen molar-refractivity contribution in [3.05, 3.63) is 18.0 Å². The third-order valence-corrected chi connectivity index (χ3v) is 3.43. The maximum absolute atomic E-state index is 11.3. The molecule has 0 unspecified atom stereocenters. The van der Waals surface area contributed by atoms with E-state index >= 15 is 0 Å². The van der Waals surface area contributed by atoms with Crippen LogP contribution in [0.2, 0.25) is 0 Å². The number of nitrogens with zero attached hydrogens (tertiary/aromatic N) is 3. The molecule has 0 bridgehead atoms. The average Bonchev–Trinajstić information content (AvgIpc) is 3.05. The van der Waals surface area contributed by atoms with E-state index in [2.05, 4.69) is 19.7 Å². The molecule has 3 rings (SSSR count). The number of fused-ring (bicyclic) bond motifs is 1. The quantitative estimate of drug-likeness (QED) is 0.635. The Bertz CT molecular complexity index is 620. The first-order chi connectivity index (χ1) is 8.69. The maximum atomic E-state index is 11.3. The number of nitrogens with one attached hydrogen (secondary N) is 2. The number of hydrogen-bond acceptors (Lipinski definition) is 5. The lowest BCUT2D eigenvalue weighted by Crippen LogP contribution is -2.16. The molecule has 18 heavy (non-hydrogen) atoms. The van der Waals surface area contributed by atoms with Crippen LogP contribution >= 0.6 is 0 Å². The van der Waals surface area contributed by atoms with Crippen molar-refractivity contribution in [3.63, 3.8) is 0 Å². The number of amides is 1. The van der Waals surface area contributed by atoms with Crippen LogP contribution in [-0.4, -0.2) is 43.1 Å². The summed E-state index contributed by atoms with van der Waals surface area (Å²) in [7, 11) is 0. The molecule has 0 aromatic carbocycles. The first-order valence-electron chi connectivity index (χ1n) is 5.82. The van der Waals surface area contributed by atoms with E-state index < -0.39 is 5.91 Å². The van der Waals surface area contributed by atoms with Crippen molar-refractivity contribution in [2.45, 2.75) is 18.9 Å². The summed E-state index contributed by atoms with van der Waals surface area (Å²) in [5, 5.41) is 7.69. The molecule has 4 N–H and O–H groups in total. The highest BCUT2D eigenvalue weighted by atomic mass is 27.1. The van der Waals surface area contributed by atoms with Gasteiger partial charge in [0, 0.05) is 12.1 Å². The number of carbonyl (C=O) groups is 1. The van der Waals surface area contributed by atoms with Crippen molar-refractivity contribution in [2.75, 3.05) is 9.62 Å². The Labute approximate surface area is 111 Å². The summed E-state index contributed by atoms with van der Waals surface area (Å²) >= 11 is 0.777. The minimum Gasteiger partial charge on any atom is -0.465 e. The highest BCUT2D eigenvalue weighted by Gasteiger charge is 2.23. The van der Waals surface area contributed by atoms with Gasteiger partial charge in [-0.05, 0) is 12.8 Å². The van der Waals surface area contributed by atoms with E-state index in [0.717, 1.165) is 28.0 Å². The average molecular weight is 260 g/mol. The summed E-state index contributed by atoms with van der Waals surface area (Å²) in [6.07, 6.45) is 3.79. The van der Waals surface area contributed by atoms with Crippen LogP contribution in [0.1, 0.15) is 23.3 Å². The molecule has 92 valence electrons. The zero-order valence-electron chi connectivity index (χ0n) is 9.97. The Kier molecular flexibility index (Phi) is 2.61. The molecule has 1 fully saturated rings. The Morgan fingerprint density at radius 3 is 2.94 bits per heavy atom. The molecular formula is C10H13AlN6O. The number of primary amides is 1. The molecule has 0 atom stereocenters. The molecule has 2 aromatic heterocycles. The first-order valence-corrected chi connectivity index (χ1v) is 6.82. The van der Waals surface area contributed by atoms with Crippen LogP contribution in [0, 0.1) is 0 Å². The number of aromatic nitrogens is 3. The van der Waals surface area contributed by atoms with Crippen LogP contribution in [0.15, 0.2) is 12.3 Å². The van der Waals surface area contributed by atoms with Gasteiger partial charge in [-0.15, -0.1) is 0 Å². The summed E-state index contributed by atoms with van der Waals surface area (Å²) in [4.78, 5) is 15.5. The molecule has 0 spiro atoms. The molecular weight excluding hydrogens is 247 g/mol. The monoisotopic (exact) mass is 260 g/mol. The van der Waals surface area contributed by atoms with Gasteiger partial charge >= 0.3 is 16.5 Å². The molecule has 0 radical (unpaired) electrons. The fraction of sp³-hybridized carbons (Fsp3) is 0.300. The minimum absolute atomic E-state index is 0.294. The van der Waals surface area contributed by atoms with Crippen LogP contribution in [-0.2, 0) is 0 Å². The molecule has 1 aliphatic carbocycles. The fourth-order valence-corrected chi connectivity index (χ4v) is 2.06. The summed E-state index contributed by atoms with van der Waals surface area (Å²) < 4.78 is 4.59. The van der Waals surface area contributed by atoms with E-state index in [4.69, 9.17) is 5.73 Å². The number of carbonyl (C=O) groups excluding carboxylic acids is 1. The van der Waals surface area contributed by atoms with Gasteiger partial charge in [0.25, 0.3) is 5.91 Å². The van der Waals surface area contributed by atoms with Crippen molar-refractivity contribution in [2.24, 2.45) is 5.73 Å². The normalized spacial score (nSPS) is 14.7. The van der Waals surface area contributed by atoms with Crippen LogP contribution in [0.25, 0.3) is 5.65 Å². The summed E-state index contributed by atoms with van der Waals surface area (Å²) in [5.74, 6) is 0.190. The van der Waals surface area contributed by atoms with E-state index in [1.807, 2.05) is 6.07 Å². The zero-order valence-corrected chi connectivity index (χ0v) is 12.0. The summed E-state index contributed by atoms with van der Waals surface area (Å²) in [6.45, 7) is 0. The second-order valence-electron chi connectivity index (χ2n) is 4.35. The SMILES string of the molecule is NC(=O)c1cnc2c(NC3CC3)cc([NH][AlH2])nn12. The maximum Gasteiger partial charge on any atom is 0.362 e. The van der Waals surface area contributed by atoms with Crippen molar-refractivity contribution < 1.29 is 4.79 Å². The third-order valence-electron chi connectivity index (χ3n) is 2.91. The van der Waals surface area contributed by atoms with Crippen LogP contribution < -0.4 is 15.4 Å². The van der Waals surface area contributed by atoms with Gasteiger partial charge in [-0.3, -0.25) is 4.79 Å². The number of rotatable bonds is 4. The number of nitrogens with two attached hydrogens (primary N) is 1. The first kappa shape index (κ1) is 11.3. The van der Waals surface area contributed by atoms with Crippen LogP contribution in [0.3, 0.4) is 0 Å². The highest BCUT2D eigenvalue weighted by molar-refractivity contribution is 6.15. The lowest BCUT2D eigenvalue weighted by molar-refractivity contribution is 0.0993. The molecule has 2 aromatic rings. The number of anilines is 2. The number of hydrogen-bond donors (Lipinski definition) is 3. The lowest BCUT2D eigenvalue weighted by Gasteiger charge is -2.09. The Balaban J connectivity index is 2.17. The van der Waals surface area contributed by atoms with Gasteiger partial charge in [-0.25, -0.2) is 9.50 Å². The summed E-state index contributed by atoms with van der Waals surface area (Å²) in [5.41, 5.74) is 7.12. The molecule has 7 nitrogen and oxygen atoms in total. The topological polar surface area (TPSA) is 97.3 Å². The molecule has 1 amide bonds.